The van der Waals surface area contributed by atoms with Crippen LogP contribution in [0.25, 0.3) is 0 Å². The van der Waals surface area contributed by atoms with Crippen LogP contribution in [-0.4, -0.2) is 38.4 Å². The first-order chi connectivity index (χ1) is 10.6. The van der Waals surface area contributed by atoms with Gasteiger partial charge in [0.25, 0.3) is 0 Å². The highest BCUT2D eigenvalue weighted by Gasteiger charge is 2.44. The highest BCUT2D eigenvalue weighted by Crippen LogP contribution is 2.46. The highest BCUT2D eigenvalue weighted by molar-refractivity contribution is 6.33. The minimum absolute atomic E-state index is 0.139. The van der Waals surface area contributed by atoms with E-state index in [0.717, 1.165) is 19.0 Å². The van der Waals surface area contributed by atoms with Crippen LogP contribution < -0.4 is 4.81 Å². The van der Waals surface area contributed by atoms with Crippen molar-refractivity contribution in [3.63, 3.8) is 0 Å². The number of carbonyl (C=O) groups excluding carboxylic acids is 1. The summed E-state index contributed by atoms with van der Waals surface area (Å²) in [4.78, 5) is 16.3. The van der Waals surface area contributed by atoms with Crippen LogP contribution >= 0.6 is 11.6 Å². The average molecular weight is 313 g/mol. The van der Waals surface area contributed by atoms with Crippen LogP contribution in [0.3, 0.4) is 0 Å². The van der Waals surface area contributed by atoms with Gasteiger partial charge in [-0.25, -0.2) is 0 Å². The predicted molar refractivity (Wildman–Crippen MR) is 88.9 cm³/mol. The van der Waals surface area contributed by atoms with Crippen LogP contribution in [0.5, 0.6) is 0 Å². The van der Waals surface area contributed by atoms with Gasteiger partial charge in [-0.1, -0.05) is 17.2 Å². The van der Waals surface area contributed by atoms with Crippen molar-refractivity contribution in [2.45, 2.75) is 12.8 Å². The van der Waals surface area contributed by atoms with Crippen molar-refractivity contribution < 1.29 is 4.79 Å². The molecule has 3 saturated heterocycles. The Labute approximate surface area is 137 Å². The fourth-order valence-electron chi connectivity index (χ4n) is 4.40. The van der Waals surface area contributed by atoms with E-state index < -0.39 is 0 Å². The molecule has 0 spiro atoms. The number of anilines is 1. The molecule has 4 fully saturated rings. The SMILES string of the molecule is [B]N(C(=O)C=C1C2CC3CC1CN(C3)C2)c1ccc(Cl)cc1. The molecule has 4 aliphatic rings. The number of rotatable bonds is 2. The third-order valence-corrected chi connectivity index (χ3v) is 5.54. The standard InChI is InChI=1S/C17H18BClN2O/c18-21(15-3-1-14(19)2-4-15)17(22)7-16-12-5-11-6-13(16)10-20(8-11)9-12/h1-4,7,11-13H,5-6,8-10H2. The molecule has 3 nitrogen and oxygen atoms in total. The predicted octanol–water partition coefficient (Wildman–Crippen LogP) is 2.65. The van der Waals surface area contributed by atoms with Crippen molar-refractivity contribution in [3.05, 3.63) is 40.9 Å². The molecule has 5 heteroatoms. The fraction of sp³-hybridized carbons (Fsp3) is 0.471. The highest BCUT2D eigenvalue weighted by atomic mass is 35.5. The number of nitrogens with zero attached hydrogens (tertiary/aromatic N) is 2. The third-order valence-electron chi connectivity index (χ3n) is 5.28. The Bertz CT molecular complexity index is 598. The smallest absolute Gasteiger partial charge is 0.239 e. The second kappa shape index (κ2) is 5.43. The molecule has 4 bridgehead atoms. The van der Waals surface area contributed by atoms with Gasteiger partial charge < -0.3 is 9.71 Å². The quantitative estimate of drug-likeness (QED) is 0.619. The van der Waals surface area contributed by atoms with Crippen molar-refractivity contribution >= 4 is 31.2 Å². The first kappa shape index (κ1) is 14.3. The number of hydrogen-bond donors (Lipinski definition) is 0. The van der Waals surface area contributed by atoms with E-state index in [4.69, 9.17) is 19.6 Å². The summed E-state index contributed by atoms with van der Waals surface area (Å²) in [6.45, 7) is 3.47. The molecular formula is C17H18BClN2O. The fourth-order valence-corrected chi connectivity index (χ4v) is 4.53. The Kier molecular flexibility index (Phi) is 3.54. The van der Waals surface area contributed by atoms with Crippen LogP contribution in [0.2, 0.25) is 5.02 Å². The molecule has 1 aromatic rings. The van der Waals surface area contributed by atoms with E-state index in [2.05, 4.69) is 4.90 Å². The summed E-state index contributed by atoms with van der Waals surface area (Å²) in [5, 5.41) is 0.637. The maximum absolute atomic E-state index is 12.5. The number of halogens is 1. The van der Waals surface area contributed by atoms with Gasteiger partial charge >= 0.3 is 0 Å². The number of piperidine rings is 3. The minimum Gasteiger partial charge on any atom is -0.366 e. The summed E-state index contributed by atoms with van der Waals surface area (Å²) < 4.78 is 0. The Balaban J connectivity index is 1.54. The van der Waals surface area contributed by atoms with E-state index in [0.29, 0.717) is 22.5 Å². The monoisotopic (exact) mass is 312 g/mol. The van der Waals surface area contributed by atoms with Crippen LogP contribution in [0.1, 0.15) is 12.8 Å². The third kappa shape index (κ3) is 2.48. The van der Waals surface area contributed by atoms with Gasteiger partial charge in [-0.2, -0.15) is 0 Å². The van der Waals surface area contributed by atoms with Gasteiger partial charge in [-0.3, -0.25) is 4.79 Å². The van der Waals surface area contributed by atoms with E-state index in [1.807, 2.05) is 0 Å². The van der Waals surface area contributed by atoms with E-state index in [1.54, 1.807) is 30.3 Å². The second-order valence-electron chi connectivity index (χ2n) is 6.78. The summed E-state index contributed by atoms with van der Waals surface area (Å²) in [6, 6.07) is 7.02. The first-order valence-corrected chi connectivity index (χ1v) is 8.26. The van der Waals surface area contributed by atoms with Crippen molar-refractivity contribution in [2.75, 3.05) is 24.4 Å². The lowest BCUT2D eigenvalue weighted by Crippen LogP contribution is -2.54. The number of carbonyl (C=O) groups is 1. The molecule has 3 heterocycles. The van der Waals surface area contributed by atoms with Crippen LogP contribution in [0.15, 0.2) is 35.9 Å². The number of hydrogen-bond acceptors (Lipinski definition) is 2. The number of benzene rings is 1. The lowest BCUT2D eigenvalue weighted by Gasteiger charge is -2.53. The Morgan fingerprint density at radius 3 is 2.41 bits per heavy atom. The lowest BCUT2D eigenvalue weighted by molar-refractivity contribution is -0.113. The van der Waals surface area contributed by atoms with E-state index in [9.17, 15) is 4.79 Å². The normalized spacial score (nSPS) is 32.1. The molecule has 2 atom stereocenters. The van der Waals surface area contributed by atoms with Gasteiger partial charge in [0.05, 0.1) is 0 Å². The number of amides is 1. The second-order valence-corrected chi connectivity index (χ2v) is 7.22. The van der Waals surface area contributed by atoms with E-state index >= 15 is 0 Å². The first-order valence-electron chi connectivity index (χ1n) is 7.88. The molecule has 0 aromatic heterocycles. The molecule has 2 unspecified atom stereocenters. The zero-order chi connectivity index (χ0) is 15.3. The maximum Gasteiger partial charge on any atom is 0.239 e. The van der Waals surface area contributed by atoms with Gasteiger partial charge in [0.15, 0.2) is 0 Å². The van der Waals surface area contributed by atoms with Crippen molar-refractivity contribution in [2.24, 2.45) is 17.8 Å². The molecule has 1 saturated carbocycles. The summed E-state index contributed by atoms with van der Waals surface area (Å²) >= 11 is 5.87. The Hall–Kier alpha value is -1.26. The molecule has 0 N–H and O–H groups in total. The molecule has 1 amide bonds. The molecular weight excluding hydrogens is 294 g/mol. The van der Waals surface area contributed by atoms with Crippen molar-refractivity contribution in [1.29, 1.82) is 0 Å². The van der Waals surface area contributed by atoms with E-state index in [1.165, 1.54) is 29.8 Å². The molecule has 22 heavy (non-hydrogen) atoms. The van der Waals surface area contributed by atoms with Gasteiger partial charge in [0, 0.05) is 36.4 Å². The van der Waals surface area contributed by atoms with Gasteiger partial charge in [-0.05, 0) is 54.9 Å². The zero-order valence-electron chi connectivity index (χ0n) is 12.4. The summed E-state index contributed by atoms with van der Waals surface area (Å²) in [6.07, 6.45) is 4.26. The summed E-state index contributed by atoms with van der Waals surface area (Å²) in [5.74, 6) is 1.79. The molecule has 112 valence electrons. The van der Waals surface area contributed by atoms with Gasteiger partial charge in [-0.15, -0.1) is 0 Å². The molecule has 1 aliphatic carbocycles. The van der Waals surface area contributed by atoms with Crippen molar-refractivity contribution in [1.82, 2.24) is 4.90 Å². The summed E-state index contributed by atoms with van der Waals surface area (Å²) in [7, 11) is 5.98. The van der Waals surface area contributed by atoms with Crippen LogP contribution in [-0.2, 0) is 4.79 Å². The summed E-state index contributed by atoms with van der Waals surface area (Å²) in [5.41, 5.74) is 1.99. The van der Waals surface area contributed by atoms with Gasteiger partial charge in [0.1, 0.15) is 0 Å². The topological polar surface area (TPSA) is 23.6 Å². The molecule has 3 aliphatic heterocycles. The van der Waals surface area contributed by atoms with Crippen LogP contribution in [0.4, 0.5) is 5.69 Å². The lowest BCUT2D eigenvalue weighted by atomic mass is 9.65. The minimum atomic E-state index is -0.139. The molecule has 5 rings (SSSR count). The van der Waals surface area contributed by atoms with Crippen LogP contribution in [0, 0.1) is 17.8 Å². The maximum atomic E-state index is 12.5. The molecule has 2 radical (unpaired) electrons. The van der Waals surface area contributed by atoms with Crippen molar-refractivity contribution in [3.8, 4) is 0 Å². The molecule has 1 aromatic carbocycles. The van der Waals surface area contributed by atoms with E-state index in [-0.39, 0.29) is 5.91 Å². The Morgan fingerprint density at radius 1 is 1.18 bits per heavy atom. The Morgan fingerprint density at radius 2 is 1.82 bits per heavy atom. The van der Waals surface area contributed by atoms with Gasteiger partial charge in [0.2, 0.25) is 13.9 Å². The average Bonchev–Trinajstić information content (AvgIpc) is 2.50. The zero-order valence-corrected chi connectivity index (χ0v) is 13.2. The largest absolute Gasteiger partial charge is 0.366 e.